The van der Waals surface area contributed by atoms with E-state index in [4.69, 9.17) is 5.73 Å². The number of nitrogens with zero attached hydrogens (tertiary/aromatic N) is 3. The minimum atomic E-state index is 0.463. The van der Waals surface area contributed by atoms with Gasteiger partial charge in [-0.25, -0.2) is 9.97 Å². The summed E-state index contributed by atoms with van der Waals surface area (Å²) in [6.45, 7) is 2.51. The molecule has 0 amide bonds. The largest absolute Gasteiger partial charge is 0.325 e. The van der Waals surface area contributed by atoms with Crippen molar-refractivity contribution < 1.29 is 0 Å². The monoisotopic (exact) mass is 252 g/mol. The van der Waals surface area contributed by atoms with E-state index in [1.165, 1.54) is 23.3 Å². The Morgan fingerprint density at radius 2 is 2.25 bits per heavy atom. The molecule has 0 aliphatic rings. The van der Waals surface area contributed by atoms with Gasteiger partial charge in [0.15, 0.2) is 4.34 Å². The highest BCUT2D eigenvalue weighted by molar-refractivity contribution is 8.00. The van der Waals surface area contributed by atoms with Gasteiger partial charge < -0.3 is 5.73 Å². The van der Waals surface area contributed by atoms with Gasteiger partial charge in [0.25, 0.3) is 0 Å². The van der Waals surface area contributed by atoms with Gasteiger partial charge in [-0.05, 0) is 35.4 Å². The topological polar surface area (TPSA) is 64.7 Å². The van der Waals surface area contributed by atoms with Gasteiger partial charge in [0.2, 0.25) is 0 Å². The van der Waals surface area contributed by atoms with Gasteiger partial charge in [-0.1, -0.05) is 13.0 Å². The van der Waals surface area contributed by atoms with Crippen molar-refractivity contribution in [3.05, 3.63) is 29.7 Å². The Hall–Kier alpha value is -0.980. The summed E-state index contributed by atoms with van der Waals surface area (Å²) in [6.07, 6.45) is 0.868. The molecule has 4 nitrogen and oxygen atoms in total. The van der Waals surface area contributed by atoms with Crippen LogP contribution in [-0.2, 0) is 13.0 Å². The molecule has 0 aromatic carbocycles. The van der Waals surface area contributed by atoms with Crippen LogP contribution in [0.4, 0.5) is 0 Å². The molecule has 2 N–H and O–H groups in total. The van der Waals surface area contributed by atoms with Crippen LogP contribution in [0.2, 0.25) is 0 Å². The SMILES string of the molecule is CCc1nsc(Sc2cccc(CN)n2)n1. The third kappa shape index (κ3) is 2.78. The Kier molecular flexibility index (Phi) is 3.87. The maximum Gasteiger partial charge on any atom is 0.176 e. The van der Waals surface area contributed by atoms with Crippen molar-refractivity contribution in [2.45, 2.75) is 29.3 Å². The average Bonchev–Trinajstić information content (AvgIpc) is 2.77. The smallest absolute Gasteiger partial charge is 0.176 e. The van der Waals surface area contributed by atoms with Gasteiger partial charge in [0, 0.05) is 13.0 Å². The van der Waals surface area contributed by atoms with Gasteiger partial charge in [0.1, 0.15) is 10.9 Å². The minimum Gasteiger partial charge on any atom is -0.325 e. The molecule has 0 spiro atoms. The zero-order valence-electron chi connectivity index (χ0n) is 8.88. The van der Waals surface area contributed by atoms with Crippen LogP contribution in [0.15, 0.2) is 27.6 Å². The van der Waals surface area contributed by atoms with Crippen molar-refractivity contribution in [1.29, 1.82) is 0 Å². The molecule has 0 unspecified atom stereocenters. The molecule has 0 atom stereocenters. The summed E-state index contributed by atoms with van der Waals surface area (Å²) >= 11 is 2.94. The van der Waals surface area contributed by atoms with Crippen molar-refractivity contribution in [2.75, 3.05) is 0 Å². The number of pyridine rings is 1. The van der Waals surface area contributed by atoms with E-state index in [1.807, 2.05) is 25.1 Å². The fourth-order valence-electron chi connectivity index (χ4n) is 1.14. The highest BCUT2D eigenvalue weighted by Crippen LogP contribution is 2.27. The van der Waals surface area contributed by atoms with Gasteiger partial charge in [0.05, 0.1) is 5.69 Å². The van der Waals surface area contributed by atoms with Crippen LogP contribution in [0.5, 0.6) is 0 Å². The van der Waals surface area contributed by atoms with Crippen molar-refractivity contribution in [1.82, 2.24) is 14.3 Å². The third-order valence-corrected chi connectivity index (χ3v) is 3.67. The molecular formula is C10H12N4S2. The highest BCUT2D eigenvalue weighted by atomic mass is 32.2. The summed E-state index contributed by atoms with van der Waals surface area (Å²) < 4.78 is 5.16. The fourth-order valence-corrected chi connectivity index (χ4v) is 2.80. The first-order valence-electron chi connectivity index (χ1n) is 4.98. The van der Waals surface area contributed by atoms with Crippen LogP contribution < -0.4 is 5.73 Å². The molecule has 2 aromatic rings. The Bertz CT molecular complexity index is 469. The van der Waals surface area contributed by atoms with Crippen LogP contribution in [0, 0.1) is 0 Å². The van der Waals surface area contributed by atoms with E-state index < -0.39 is 0 Å². The molecule has 84 valence electrons. The molecule has 0 radical (unpaired) electrons. The molecule has 2 heterocycles. The predicted octanol–water partition coefficient (Wildman–Crippen LogP) is 2.11. The van der Waals surface area contributed by atoms with Crippen molar-refractivity contribution >= 4 is 23.3 Å². The van der Waals surface area contributed by atoms with E-state index in [0.29, 0.717) is 6.54 Å². The summed E-state index contributed by atoms with van der Waals surface area (Å²) in [5, 5.41) is 0.918. The van der Waals surface area contributed by atoms with E-state index in [1.54, 1.807) is 0 Å². The normalized spacial score (nSPS) is 10.6. The number of hydrogen-bond acceptors (Lipinski definition) is 6. The van der Waals surface area contributed by atoms with Crippen LogP contribution in [0.3, 0.4) is 0 Å². The summed E-state index contributed by atoms with van der Waals surface area (Å²) in [4.78, 5) is 8.78. The second kappa shape index (κ2) is 5.38. The molecule has 0 bridgehead atoms. The molecule has 0 saturated carbocycles. The number of nitrogens with two attached hydrogens (primary N) is 1. The van der Waals surface area contributed by atoms with Crippen LogP contribution in [0.1, 0.15) is 18.4 Å². The molecule has 16 heavy (non-hydrogen) atoms. The predicted molar refractivity (Wildman–Crippen MR) is 65.5 cm³/mol. The van der Waals surface area contributed by atoms with E-state index in [2.05, 4.69) is 14.3 Å². The van der Waals surface area contributed by atoms with Gasteiger partial charge >= 0.3 is 0 Å². The second-order valence-corrected chi connectivity index (χ2v) is 5.12. The second-order valence-electron chi connectivity index (χ2n) is 3.10. The van der Waals surface area contributed by atoms with Crippen LogP contribution >= 0.6 is 23.3 Å². The van der Waals surface area contributed by atoms with Crippen molar-refractivity contribution in [2.24, 2.45) is 5.73 Å². The Balaban J connectivity index is 2.13. The van der Waals surface area contributed by atoms with E-state index in [0.717, 1.165) is 27.3 Å². The molecule has 6 heteroatoms. The molecule has 0 aliphatic carbocycles. The number of aryl methyl sites for hydroxylation is 1. The summed E-state index contributed by atoms with van der Waals surface area (Å²) in [7, 11) is 0. The Morgan fingerprint density at radius 3 is 2.94 bits per heavy atom. The Morgan fingerprint density at radius 1 is 1.38 bits per heavy atom. The summed E-state index contributed by atoms with van der Waals surface area (Å²) in [6, 6.07) is 5.83. The van der Waals surface area contributed by atoms with E-state index >= 15 is 0 Å². The van der Waals surface area contributed by atoms with Crippen LogP contribution in [-0.4, -0.2) is 14.3 Å². The lowest BCUT2D eigenvalue weighted by atomic mass is 10.4. The minimum absolute atomic E-state index is 0.463. The first-order valence-corrected chi connectivity index (χ1v) is 6.57. The summed E-state index contributed by atoms with van der Waals surface area (Å²) in [5.74, 6) is 0.891. The van der Waals surface area contributed by atoms with Crippen LogP contribution in [0.25, 0.3) is 0 Å². The molecule has 0 saturated heterocycles. The zero-order chi connectivity index (χ0) is 11.4. The maximum atomic E-state index is 5.54. The quantitative estimate of drug-likeness (QED) is 0.902. The van der Waals surface area contributed by atoms with Gasteiger partial charge in [-0.3, -0.25) is 0 Å². The number of aromatic nitrogens is 3. The highest BCUT2D eigenvalue weighted by Gasteiger charge is 2.05. The molecule has 0 aliphatic heterocycles. The third-order valence-electron chi connectivity index (χ3n) is 1.95. The first kappa shape index (κ1) is 11.5. The Labute approximate surface area is 102 Å². The fraction of sp³-hybridized carbons (Fsp3) is 0.300. The van der Waals surface area contributed by atoms with Gasteiger partial charge in [-0.2, -0.15) is 4.37 Å². The molecule has 2 rings (SSSR count). The average molecular weight is 252 g/mol. The number of hydrogen-bond donors (Lipinski definition) is 1. The lowest BCUT2D eigenvalue weighted by Gasteiger charge is -1.99. The first-order chi connectivity index (χ1) is 7.81. The maximum absolute atomic E-state index is 5.54. The van der Waals surface area contributed by atoms with E-state index in [9.17, 15) is 0 Å². The summed E-state index contributed by atoms with van der Waals surface area (Å²) in [5.41, 5.74) is 6.43. The molecular weight excluding hydrogens is 240 g/mol. The number of rotatable bonds is 4. The van der Waals surface area contributed by atoms with Gasteiger partial charge in [-0.15, -0.1) is 0 Å². The van der Waals surface area contributed by atoms with E-state index in [-0.39, 0.29) is 0 Å². The lowest BCUT2D eigenvalue weighted by molar-refractivity contribution is 0.938. The standard InChI is InChI=1S/C10H12N4S2/c1-2-8-13-10(16-14-8)15-9-5-3-4-7(6-11)12-9/h3-5H,2,6,11H2,1H3. The van der Waals surface area contributed by atoms with Crippen molar-refractivity contribution in [3.63, 3.8) is 0 Å². The molecule has 2 aromatic heterocycles. The molecule has 0 fully saturated rings. The van der Waals surface area contributed by atoms with Crippen molar-refractivity contribution in [3.8, 4) is 0 Å². The lowest BCUT2D eigenvalue weighted by Crippen LogP contribution is -1.99. The zero-order valence-corrected chi connectivity index (χ0v) is 10.5.